The Kier molecular flexibility index (Phi) is 4.69. The average Bonchev–Trinajstić information content (AvgIpc) is 3.18. The zero-order valence-corrected chi connectivity index (χ0v) is 16.2. The SMILES string of the molecule is O=C1C=C(C2CCNCC2)N2NCC(C(=O)Nc3cccc4ccccc34)C2N1. The molecule has 7 heteroatoms. The van der Waals surface area contributed by atoms with Crippen LogP contribution in [0.5, 0.6) is 0 Å². The fourth-order valence-corrected chi connectivity index (χ4v) is 4.62. The highest BCUT2D eigenvalue weighted by molar-refractivity contribution is 6.03. The van der Waals surface area contributed by atoms with Gasteiger partial charge < -0.3 is 16.0 Å². The van der Waals surface area contributed by atoms with E-state index in [9.17, 15) is 9.59 Å². The molecular formula is C22H25N5O2. The summed E-state index contributed by atoms with van der Waals surface area (Å²) in [5, 5.41) is 13.5. The van der Waals surface area contributed by atoms with Crippen molar-refractivity contribution in [2.75, 3.05) is 25.0 Å². The summed E-state index contributed by atoms with van der Waals surface area (Å²) in [4.78, 5) is 25.5. The van der Waals surface area contributed by atoms with Gasteiger partial charge in [0.25, 0.3) is 0 Å². The van der Waals surface area contributed by atoms with Gasteiger partial charge in [0, 0.05) is 35.3 Å². The van der Waals surface area contributed by atoms with E-state index in [1.165, 1.54) is 0 Å². The molecule has 7 nitrogen and oxygen atoms in total. The van der Waals surface area contributed by atoms with Crippen molar-refractivity contribution < 1.29 is 9.59 Å². The summed E-state index contributed by atoms with van der Waals surface area (Å²) < 4.78 is 0. The van der Waals surface area contributed by atoms with Crippen LogP contribution < -0.4 is 21.4 Å². The molecule has 29 heavy (non-hydrogen) atoms. The van der Waals surface area contributed by atoms with E-state index in [0.29, 0.717) is 12.5 Å². The Bertz CT molecular complexity index is 977. The maximum absolute atomic E-state index is 13.1. The molecule has 0 saturated carbocycles. The highest BCUT2D eigenvalue weighted by atomic mass is 16.2. The average molecular weight is 391 g/mol. The van der Waals surface area contributed by atoms with Crippen LogP contribution in [0.2, 0.25) is 0 Å². The standard InChI is InChI=1S/C22H25N5O2/c28-20-12-19(15-8-10-23-11-9-15)27-21(26-20)17(13-24-27)22(29)25-18-7-3-5-14-4-1-2-6-16(14)18/h1-7,12,15,17,21,23-24H,8-11,13H2,(H,25,29)(H,26,28). The summed E-state index contributed by atoms with van der Waals surface area (Å²) in [5.74, 6) is -0.250. The van der Waals surface area contributed by atoms with Gasteiger partial charge in [-0.05, 0) is 37.4 Å². The number of anilines is 1. The van der Waals surface area contributed by atoms with Crippen LogP contribution in [0.4, 0.5) is 5.69 Å². The molecule has 2 saturated heterocycles. The minimum Gasteiger partial charge on any atom is -0.330 e. The van der Waals surface area contributed by atoms with E-state index in [2.05, 4.69) is 21.4 Å². The van der Waals surface area contributed by atoms with Gasteiger partial charge in [0.15, 0.2) is 0 Å². The molecule has 150 valence electrons. The number of nitrogens with zero attached hydrogens (tertiary/aromatic N) is 1. The minimum absolute atomic E-state index is 0.0896. The van der Waals surface area contributed by atoms with Gasteiger partial charge in [0.05, 0.1) is 5.92 Å². The normalized spacial score (nSPS) is 24.8. The maximum Gasteiger partial charge on any atom is 0.247 e. The first-order chi connectivity index (χ1) is 14.2. The number of allylic oxidation sites excluding steroid dienone is 1. The van der Waals surface area contributed by atoms with E-state index in [1.807, 2.05) is 47.5 Å². The Labute approximate surface area is 169 Å². The molecular weight excluding hydrogens is 366 g/mol. The Hall–Kier alpha value is -2.90. The highest BCUT2D eigenvalue weighted by Crippen LogP contribution is 2.32. The first-order valence-corrected chi connectivity index (χ1v) is 10.2. The van der Waals surface area contributed by atoms with Crippen molar-refractivity contribution in [3.63, 3.8) is 0 Å². The van der Waals surface area contributed by atoms with Gasteiger partial charge in [-0.15, -0.1) is 0 Å². The molecule has 3 heterocycles. The van der Waals surface area contributed by atoms with Gasteiger partial charge in [-0.3, -0.25) is 14.6 Å². The molecule has 0 bridgehead atoms. The molecule has 2 amide bonds. The van der Waals surface area contributed by atoms with E-state index in [1.54, 1.807) is 6.08 Å². The highest BCUT2D eigenvalue weighted by Gasteiger charge is 2.44. The van der Waals surface area contributed by atoms with Crippen molar-refractivity contribution in [3.8, 4) is 0 Å². The number of benzene rings is 2. The smallest absolute Gasteiger partial charge is 0.247 e. The molecule has 0 aliphatic carbocycles. The minimum atomic E-state index is -0.372. The van der Waals surface area contributed by atoms with E-state index in [-0.39, 0.29) is 23.9 Å². The van der Waals surface area contributed by atoms with Crippen LogP contribution in [-0.2, 0) is 9.59 Å². The molecule has 3 aliphatic heterocycles. The van der Waals surface area contributed by atoms with Crippen LogP contribution in [-0.4, -0.2) is 42.6 Å². The van der Waals surface area contributed by atoms with Crippen LogP contribution in [0.25, 0.3) is 10.8 Å². The number of hydrogen-bond acceptors (Lipinski definition) is 5. The van der Waals surface area contributed by atoms with E-state index >= 15 is 0 Å². The molecule has 3 aliphatic rings. The van der Waals surface area contributed by atoms with E-state index in [4.69, 9.17) is 0 Å². The second-order valence-corrected chi connectivity index (χ2v) is 7.90. The third-order valence-corrected chi connectivity index (χ3v) is 6.13. The fraction of sp³-hybridized carbons (Fsp3) is 0.364. The van der Waals surface area contributed by atoms with Crippen molar-refractivity contribution in [2.45, 2.75) is 19.0 Å². The molecule has 0 radical (unpaired) electrons. The van der Waals surface area contributed by atoms with Crippen LogP contribution >= 0.6 is 0 Å². The number of amides is 2. The van der Waals surface area contributed by atoms with Gasteiger partial charge in [-0.1, -0.05) is 36.4 Å². The molecule has 0 aromatic heterocycles. The Balaban J connectivity index is 1.36. The fourth-order valence-electron chi connectivity index (χ4n) is 4.62. The molecule has 2 unspecified atom stereocenters. The molecule has 2 aromatic carbocycles. The first kappa shape index (κ1) is 18.1. The van der Waals surface area contributed by atoms with Crippen molar-refractivity contribution in [1.82, 2.24) is 21.1 Å². The lowest BCUT2D eigenvalue weighted by molar-refractivity contribution is -0.123. The molecule has 2 aromatic rings. The Morgan fingerprint density at radius 1 is 1.07 bits per heavy atom. The maximum atomic E-state index is 13.1. The number of piperidine rings is 1. The lowest BCUT2D eigenvalue weighted by Gasteiger charge is -2.38. The van der Waals surface area contributed by atoms with Crippen molar-refractivity contribution in [2.24, 2.45) is 11.8 Å². The van der Waals surface area contributed by atoms with Crippen LogP contribution in [0, 0.1) is 11.8 Å². The summed E-state index contributed by atoms with van der Waals surface area (Å²) >= 11 is 0. The zero-order valence-electron chi connectivity index (χ0n) is 16.2. The van der Waals surface area contributed by atoms with Crippen LogP contribution in [0.3, 0.4) is 0 Å². The molecule has 0 spiro atoms. The monoisotopic (exact) mass is 391 g/mol. The number of rotatable bonds is 3. The molecule has 4 N–H and O–H groups in total. The number of carbonyl (C=O) groups excluding carboxylic acids is 2. The number of fused-ring (bicyclic) bond motifs is 2. The Morgan fingerprint density at radius 2 is 1.86 bits per heavy atom. The van der Waals surface area contributed by atoms with E-state index < -0.39 is 0 Å². The van der Waals surface area contributed by atoms with Crippen molar-refractivity contribution >= 4 is 28.3 Å². The second kappa shape index (κ2) is 7.50. The van der Waals surface area contributed by atoms with Crippen molar-refractivity contribution in [3.05, 3.63) is 54.2 Å². The molecule has 5 rings (SSSR count). The van der Waals surface area contributed by atoms with Crippen molar-refractivity contribution in [1.29, 1.82) is 0 Å². The topological polar surface area (TPSA) is 85.5 Å². The lowest BCUT2D eigenvalue weighted by Crippen LogP contribution is -2.55. The third-order valence-electron chi connectivity index (χ3n) is 6.13. The summed E-state index contributed by atoms with van der Waals surface area (Å²) in [6.07, 6.45) is 3.31. The number of hydrogen-bond donors (Lipinski definition) is 4. The van der Waals surface area contributed by atoms with Crippen LogP contribution in [0.15, 0.2) is 54.2 Å². The van der Waals surface area contributed by atoms with Gasteiger partial charge in [-0.2, -0.15) is 0 Å². The summed E-state index contributed by atoms with van der Waals surface area (Å²) in [6.45, 7) is 2.39. The van der Waals surface area contributed by atoms with Gasteiger partial charge >= 0.3 is 0 Å². The largest absolute Gasteiger partial charge is 0.330 e. The van der Waals surface area contributed by atoms with Gasteiger partial charge in [-0.25, -0.2) is 5.43 Å². The number of hydrazine groups is 1. The number of nitrogens with one attached hydrogen (secondary N) is 4. The molecule has 2 fully saturated rings. The Morgan fingerprint density at radius 3 is 2.72 bits per heavy atom. The summed E-state index contributed by atoms with van der Waals surface area (Å²) in [6, 6.07) is 13.9. The second-order valence-electron chi connectivity index (χ2n) is 7.90. The lowest BCUT2D eigenvalue weighted by atomic mass is 9.92. The van der Waals surface area contributed by atoms with Crippen LogP contribution in [0.1, 0.15) is 12.8 Å². The third kappa shape index (κ3) is 3.36. The first-order valence-electron chi connectivity index (χ1n) is 10.2. The summed E-state index contributed by atoms with van der Waals surface area (Å²) in [7, 11) is 0. The summed E-state index contributed by atoms with van der Waals surface area (Å²) in [5.41, 5.74) is 5.14. The predicted molar refractivity (Wildman–Crippen MR) is 112 cm³/mol. The van der Waals surface area contributed by atoms with E-state index in [0.717, 1.165) is 48.1 Å². The molecule has 2 atom stereocenters. The quantitative estimate of drug-likeness (QED) is 0.638. The predicted octanol–water partition coefficient (Wildman–Crippen LogP) is 1.55. The number of carbonyl (C=O) groups is 2. The zero-order chi connectivity index (χ0) is 19.8. The van der Waals surface area contributed by atoms with Gasteiger partial charge in [0.1, 0.15) is 6.17 Å². The van der Waals surface area contributed by atoms with Gasteiger partial charge in [0.2, 0.25) is 11.8 Å².